The third-order valence-corrected chi connectivity index (χ3v) is 2.30. The molecule has 3 heteroatoms. The van der Waals surface area contributed by atoms with E-state index in [0.29, 0.717) is 5.75 Å². The third kappa shape index (κ3) is 3.08. The van der Waals surface area contributed by atoms with Gasteiger partial charge in [-0.15, -0.1) is 0 Å². The number of carboxylic acid groups (broad SMARTS) is 1. The van der Waals surface area contributed by atoms with Crippen LogP contribution in [0.5, 0.6) is 5.75 Å². The molecule has 0 amide bonds. The van der Waals surface area contributed by atoms with Crippen LogP contribution in [-0.4, -0.2) is 12.6 Å². The van der Waals surface area contributed by atoms with Gasteiger partial charge in [0.2, 0.25) is 0 Å². The van der Waals surface area contributed by atoms with Crippen molar-refractivity contribution in [3.05, 3.63) is 54.6 Å². The highest BCUT2D eigenvalue weighted by Crippen LogP contribution is 2.23. The minimum absolute atomic E-state index is 0.432. The molecule has 17 heavy (non-hydrogen) atoms. The quantitative estimate of drug-likeness (QED) is 0.795. The average molecular weight is 227 g/mol. The molecule has 2 aromatic carbocycles. The van der Waals surface area contributed by atoms with Crippen LogP contribution in [0.4, 0.5) is 0 Å². The summed E-state index contributed by atoms with van der Waals surface area (Å²) >= 11 is 0. The number of hydrogen-bond donors (Lipinski definition) is 0. The fourth-order valence-electron chi connectivity index (χ4n) is 1.54. The Morgan fingerprint density at radius 3 is 2.41 bits per heavy atom. The van der Waals surface area contributed by atoms with Crippen LogP contribution in [0.25, 0.3) is 11.1 Å². The molecule has 0 atom stereocenters. The van der Waals surface area contributed by atoms with Gasteiger partial charge in [0.05, 0.1) is 5.97 Å². The van der Waals surface area contributed by atoms with Gasteiger partial charge in [-0.3, -0.25) is 0 Å². The first-order valence-corrected chi connectivity index (χ1v) is 5.24. The van der Waals surface area contributed by atoms with Gasteiger partial charge in [-0.2, -0.15) is 0 Å². The van der Waals surface area contributed by atoms with Crippen LogP contribution in [0.15, 0.2) is 54.6 Å². The maximum absolute atomic E-state index is 10.3. The first-order valence-electron chi connectivity index (χ1n) is 5.24. The van der Waals surface area contributed by atoms with E-state index in [1.54, 1.807) is 12.1 Å². The summed E-state index contributed by atoms with van der Waals surface area (Å²) in [5.41, 5.74) is 2.05. The van der Waals surface area contributed by atoms with Gasteiger partial charge < -0.3 is 14.6 Å². The molecule has 0 saturated heterocycles. The summed E-state index contributed by atoms with van der Waals surface area (Å²) in [6.45, 7) is -0.432. The molecule has 0 aliphatic carbocycles. The summed E-state index contributed by atoms with van der Waals surface area (Å²) in [5.74, 6) is -0.703. The molecule has 0 fully saturated rings. The van der Waals surface area contributed by atoms with Crippen LogP contribution in [0, 0.1) is 0 Å². The SMILES string of the molecule is O=C([O-])COc1cccc(-c2ccccc2)c1. The normalized spacial score (nSPS) is 9.88. The Morgan fingerprint density at radius 2 is 1.71 bits per heavy atom. The molecule has 2 aromatic rings. The number of carbonyl (C=O) groups excluding carboxylic acids is 1. The molecule has 0 spiro atoms. The summed E-state index contributed by atoms with van der Waals surface area (Å²) in [6.07, 6.45) is 0. The van der Waals surface area contributed by atoms with Crippen LogP contribution < -0.4 is 9.84 Å². The predicted molar refractivity (Wildman–Crippen MR) is 62.4 cm³/mol. The van der Waals surface area contributed by atoms with Crippen LogP contribution in [0.2, 0.25) is 0 Å². The Labute approximate surface area is 99.3 Å². The summed E-state index contributed by atoms with van der Waals surface area (Å²) < 4.78 is 5.07. The van der Waals surface area contributed by atoms with Gasteiger partial charge in [0, 0.05) is 0 Å². The second-order valence-corrected chi connectivity index (χ2v) is 3.55. The van der Waals surface area contributed by atoms with Crippen molar-refractivity contribution in [3.63, 3.8) is 0 Å². The second kappa shape index (κ2) is 5.16. The number of rotatable bonds is 4. The smallest absolute Gasteiger partial charge is 0.128 e. The maximum atomic E-state index is 10.3. The molecule has 86 valence electrons. The summed E-state index contributed by atoms with van der Waals surface area (Å²) in [4.78, 5) is 10.3. The monoisotopic (exact) mass is 227 g/mol. The lowest BCUT2D eigenvalue weighted by atomic mass is 10.1. The van der Waals surface area contributed by atoms with Crippen LogP contribution in [0.1, 0.15) is 0 Å². The Hall–Kier alpha value is -2.29. The van der Waals surface area contributed by atoms with Gasteiger partial charge in [-0.1, -0.05) is 42.5 Å². The number of hydrogen-bond acceptors (Lipinski definition) is 3. The molecule has 0 saturated carbocycles. The van der Waals surface area contributed by atoms with Crippen molar-refractivity contribution < 1.29 is 14.6 Å². The predicted octanol–water partition coefficient (Wildman–Crippen LogP) is 1.48. The van der Waals surface area contributed by atoms with Crippen molar-refractivity contribution in [1.82, 2.24) is 0 Å². The zero-order valence-corrected chi connectivity index (χ0v) is 9.13. The van der Waals surface area contributed by atoms with E-state index in [1.165, 1.54) is 0 Å². The molecular weight excluding hydrogens is 216 g/mol. The minimum atomic E-state index is -1.23. The van der Waals surface area contributed by atoms with Gasteiger partial charge in [-0.05, 0) is 23.3 Å². The lowest BCUT2D eigenvalue weighted by Crippen LogP contribution is -2.28. The molecule has 0 unspecified atom stereocenters. The lowest BCUT2D eigenvalue weighted by molar-refractivity contribution is -0.307. The zero-order valence-electron chi connectivity index (χ0n) is 9.13. The van der Waals surface area contributed by atoms with E-state index in [-0.39, 0.29) is 0 Å². The molecule has 0 aromatic heterocycles. The molecule has 0 aliphatic heterocycles. The molecule has 0 heterocycles. The first-order chi connectivity index (χ1) is 8.25. The number of carboxylic acids is 1. The molecule has 0 aliphatic rings. The molecule has 0 radical (unpaired) electrons. The Kier molecular flexibility index (Phi) is 3.40. The number of benzene rings is 2. The van der Waals surface area contributed by atoms with E-state index in [2.05, 4.69) is 0 Å². The number of ether oxygens (including phenoxy) is 1. The number of carbonyl (C=O) groups is 1. The average Bonchev–Trinajstić information content (AvgIpc) is 2.38. The first kappa shape index (κ1) is 11.2. The lowest BCUT2D eigenvalue weighted by Gasteiger charge is -2.08. The summed E-state index contributed by atoms with van der Waals surface area (Å²) in [5, 5.41) is 10.3. The Bertz CT molecular complexity index is 506. The zero-order chi connectivity index (χ0) is 12.1. The van der Waals surface area contributed by atoms with E-state index in [9.17, 15) is 9.90 Å². The molecule has 3 nitrogen and oxygen atoms in total. The largest absolute Gasteiger partial charge is 0.546 e. The van der Waals surface area contributed by atoms with Gasteiger partial charge in [-0.25, -0.2) is 0 Å². The highest BCUT2D eigenvalue weighted by Gasteiger charge is 1.99. The number of aliphatic carboxylic acids is 1. The fraction of sp³-hybridized carbons (Fsp3) is 0.0714. The van der Waals surface area contributed by atoms with E-state index in [0.717, 1.165) is 11.1 Å². The highest BCUT2D eigenvalue weighted by atomic mass is 16.5. The van der Waals surface area contributed by atoms with Crippen molar-refractivity contribution >= 4 is 5.97 Å². The van der Waals surface area contributed by atoms with Gasteiger partial charge in [0.25, 0.3) is 0 Å². The van der Waals surface area contributed by atoms with E-state index in [1.807, 2.05) is 42.5 Å². The van der Waals surface area contributed by atoms with E-state index in [4.69, 9.17) is 4.74 Å². The van der Waals surface area contributed by atoms with Crippen molar-refractivity contribution in [2.45, 2.75) is 0 Å². The van der Waals surface area contributed by atoms with Crippen LogP contribution in [0.3, 0.4) is 0 Å². The van der Waals surface area contributed by atoms with E-state index < -0.39 is 12.6 Å². The van der Waals surface area contributed by atoms with Crippen LogP contribution in [-0.2, 0) is 4.79 Å². The Balaban J connectivity index is 2.20. The van der Waals surface area contributed by atoms with Crippen molar-refractivity contribution in [3.8, 4) is 16.9 Å². The summed E-state index contributed by atoms with van der Waals surface area (Å²) in [6, 6.07) is 17.1. The fourth-order valence-corrected chi connectivity index (χ4v) is 1.54. The molecular formula is C14H11O3-. The van der Waals surface area contributed by atoms with Crippen LogP contribution >= 0.6 is 0 Å². The maximum Gasteiger partial charge on any atom is 0.128 e. The topological polar surface area (TPSA) is 49.4 Å². The highest BCUT2D eigenvalue weighted by molar-refractivity contribution is 5.67. The second-order valence-electron chi connectivity index (χ2n) is 3.55. The molecule has 0 bridgehead atoms. The van der Waals surface area contributed by atoms with Gasteiger partial charge in [0.1, 0.15) is 12.4 Å². The van der Waals surface area contributed by atoms with E-state index >= 15 is 0 Å². The van der Waals surface area contributed by atoms with Crippen molar-refractivity contribution in [1.29, 1.82) is 0 Å². The van der Waals surface area contributed by atoms with Gasteiger partial charge in [0.15, 0.2) is 0 Å². The minimum Gasteiger partial charge on any atom is -0.546 e. The van der Waals surface area contributed by atoms with Crippen molar-refractivity contribution in [2.24, 2.45) is 0 Å². The van der Waals surface area contributed by atoms with Crippen molar-refractivity contribution in [2.75, 3.05) is 6.61 Å². The Morgan fingerprint density at radius 1 is 1.00 bits per heavy atom. The molecule has 0 N–H and O–H groups in total. The standard InChI is InChI=1S/C14H12O3/c15-14(16)10-17-13-8-4-7-12(9-13)11-5-2-1-3-6-11/h1-9H,10H2,(H,15,16)/p-1. The molecule has 2 rings (SSSR count). The van der Waals surface area contributed by atoms with Gasteiger partial charge >= 0.3 is 0 Å². The third-order valence-electron chi connectivity index (χ3n) is 2.30. The summed E-state index contributed by atoms with van der Waals surface area (Å²) in [7, 11) is 0.